The second-order valence-corrected chi connectivity index (χ2v) is 17.6. The summed E-state index contributed by atoms with van der Waals surface area (Å²) in [4.78, 5) is 0. The van der Waals surface area contributed by atoms with Crippen LogP contribution in [-0.2, 0) is 11.8 Å². The van der Waals surface area contributed by atoms with Crippen LogP contribution in [0.3, 0.4) is 0 Å². The summed E-state index contributed by atoms with van der Waals surface area (Å²) < 4.78 is 0. The summed E-state index contributed by atoms with van der Waals surface area (Å²) >= 11 is 0. The van der Waals surface area contributed by atoms with Crippen LogP contribution >= 0.6 is 0 Å². The predicted molar refractivity (Wildman–Crippen MR) is 255 cm³/mol. The molecule has 0 bridgehead atoms. The van der Waals surface area contributed by atoms with Crippen LogP contribution in [0, 0.1) is 0 Å². The van der Waals surface area contributed by atoms with E-state index in [0.29, 0.717) is 0 Å². The molecule has 0 radical (unpaired) electrons. The molecule has 0 saturated carbocycles. The Kier molecular flexibility index (Phi) is 7.90. The number of allylic oxidation sites excluding steroid dienone is 3. The van der Waals surface area contributed by atoms with E-state index in [1.807, 2.05) is 0 Å². The van der Waals surface area contributed by atoms with Gasteiger partial charge in [0.1, 0.15) is 0 Å². The van der Waals surface area contributed by atoms with E-state index in [4.69, 9.17) is 0 Å². The summed E-state index contributed by atoms with van der Waals surface area (Å²) in [7, 11) is 0. The van der Waals surface area contributed by atoms with E-state index < -0.39 is 0 Å². The van der Waals surface area contributed by atoms with Crippen molar-refractivity contribution in [2.24, 2.45) is 0 Å². The molecule has 0 N–H and O–H groups in total. The Balaban J connectivity index is 0.961. The zero-order chi connectivity index (χ0) is 39.2. The lowest BCUT2D eigenvalue weighted by atomic mass is 9.70. The van der Waals surface area contributed by atoms with Gasteiger partial charge in [0.05, 0.1) is 0 Å². The van der Waals surface area contributed by atoms with Gasteiger partial charge in [0, 0.05) is 5.41 Å². The van der Waals surface area contributed by atoms with E-state index in [-0.39, 0.29) is 5.41 Å². The number of fused-ring (bicyclic) bond motifs is 3. The SMILES string of the molecule is CCCCC1(CCCC)c2cc(-c3ccc(-c4ccc5ccc6cccc7ccc4c5c67)cc3)ccc2-c2ccc(-c3ccc4c5c6c(ccc35)C=CCC6=CC4)cc21. The molecule has 3 aliphatic rings. The molecule has 284 valence electrons. The molecular weight excluding hydrogens is 709 g/mol. The van der Waals surface area contributed by atoms with Gasteiger partial charge in [-0.05, 0) is 159 Å². The van der Waals surface area contributed by atoms with Crippen molar-refractivity contribution < 1.29 is 0 Å². The van der Waals surface area contributed by atoms with Gasteiger partial charge >= 0.3 is 0 Å². The molecule has 0 unspecified atom stereocenters. The summed E-state index contributed by atoms with van der Waals surface area (Å²) in [6, 6.07) is 54.3. The van der Waals surface area contributed by atoms with Gasteiger partial charge < -0.3 is 0 Å². The van der Waals surface area contributed by atoms with Crippen molar-refractivity contribution in [1.29, 1.82) is 0 Å². The van der Waals surface area contributed by atoms with E-state index in [1.54, 1.807) is 5.56 Å². The minimum Gasteiger partial charge on any atom is -0.0795 e. The lowest BCUT2D eigenvalue weighted by Gasteiger charge is -2.33. The largest absolute Gasteiger partial charge is 0.0795 e. The van der Waals surface area contributed by atoms with E-state index in [0.717, 1.165) is 12.8 Å². The third-order valence-corrected chi connectivity index (χ3v) is 14.5. The smallest absolute Gasteiger partial charge is 0.0215 e. The Morgan fingerprint density at radius 2 is 1.05 bits per heavy atom. The van der Waals surface area contributed by atoms with Crippen LogP contribution in [0.1, 0.15) is 86.6 Å². The molecule has 0 nitrogen and oxygen atoms in total. The molecule has 3 aliphatic carbocycles. The van der Waals surface area contributed by atoms with Crippen LogP contribution in [0.15, 0.2) is 152 Å². The number of rotatable bonds is 9. The van der Waals surface area contributed by atoms with E-state index in [9.17, 15) is 0 Å². The summed E-state index contributed by atoms with van der Waals surface area (Å²) in [6.07, 6.45) is 16.4. The van der Waals surface area contributed by atoms with Crippen molar-refractivity contribution in [3.8, 4) is 44.5 Å². The molecule has 0 aliphatic heterocycles. The summed E-state index contributed by atoms with van der Waals surface area (Å²) in [5.41, 5.74) is 19.6. The standard InChI is InChI=1S/C59H48/c1-3-5-33-59(34-6-4-2)53-35-45(37-13-15-38(16-14-37)47-27-21-43-19-17-39-9-7-11-41-23-31-51(47)57(43)55(39)41)25-29-49(53)50-30-26-46(36-54(50)59)48-28-22-44-20-18-40-10-8-12-42-24-32-52(48)58(44)56(40)42/h7-9,11-19,21-32,35-36H,3-6,10,20,33-34H2,1-2H3. The van der Waals surface area contributed by atoms with Gasteiger partial charge in [0.15, 0.2) is 0 Å². The molecule has 0 atom stereocenters. The number of hydrogen-bond donors (Lipinski definition) is 0. The second kappa shape index (κ2) is 13.4. The maximum Gasteiger partial charge on any atom is 0.0215 e. The van der Waals surface area contributed by atoms with Gasteiger partial charge in [0.2, 0.25) is 0 Å². The number of hydrogen-bond acceptors (Lipinski definition) is 0. The molecule has 0 saturated heterocycles. The monoisotopic (exact) mass is 756 g/mol. The van der Waals surface area contributed by atoms with Gasteiger partial charge in [-0.15, -0.1) is 0 Å². The molecule has 0 aromatic heterocycles. The quantitative estimate of drug-likeness (QED) is 0.129. The highest BCUT2D eigenvalue weighted by molar-refractivity contribution is 6.25. The zero-order valence-electron chi connectivity index (χ0n) is 34.2. The molecule has 0 heteroatoms. The first-order valence-electron chi connectivity index (χ1n) is 22.2. The Hall–Kier alpha value is -6.24. The topological polar surface area (TPSA) is 0 Å². The molecule has 9 aromatic carbocycles. The molecule has 59 heavy (non-hydrogen) atoms. The van der Waals surface area contributed by atoms with Crippen molar-refractivity contribution in [3.05, 3.63) is 179 Å². The van der Waals surface area contributed by atoms with Crippen molar-refractivity contribution >= 4 is 54.7 Å². The van der Waals surface area contributed by atoms with Crippen LogP contribution in [0.25, 0.3) is 99.2 Å². The molecule has 9 aromatic rings. The summed E-state index contributed by atoms with van der Waals surface area (Å²) in [5.74, 6) is 0. The predicted octanol–water partition coefficient (Wildman–Crippen LogP) is 16.7. The summed E-state index contributed by atoms with van der Waals surface area (Å²) in [5, 5.41) is 10.9. The van der Waals surface area contributed by atoms with Crippen molar-refractivity contribution in [2.75, 3.05) is 0 Å². The van der Waals surface area contributed by atoms with Gasteiger partial charge in [-0.25, -0.2) is 0 Å². The van der Waals surface area contributed by atoms with Crippen LogP contribution in [-0.4, -0.2) is 0 Å². The van der Waals surface area contributed by atoms with Crippen molar-refractivity contribution in [1.82, 2.24) is 0 Å². The highest BCUT2D eigenvalue weighted by Crippen LogP contribution is 2.56. The van der Waals surface area contributed by atoms with Crippen LogP contribution in [0.4, 0.5) is 0 Å². The lowest BCUT2D eigenvalue weighted by molar-refractivity contribution is 0.414. The van der Waals surface area contributed by atoms with Gasteiger partial charge in [0.25, 0.3) is 0 Å². The Morgan fingerprint density at radius 1 is 0.475 bits per heavy atom. The van der Waals surface area contributed by atoms with Crippen molar-refractivity contribution in [3.63, 3.8) is 0 Å². The van der Waals surface area contributed by atoms with Crippen molar-refractivity contribution in [2.45, 2.75) is 70.6 Å². The third kappa shape index (κ3) is 5.15. The normalized spacial score (nSPS) is 14.7. The first-order valence-corrected chi connectivity index (χ1v) is 22.2. The van der Waals surface area contributed by atoms with E-state index in [2.05, 4.69) is 172 Å². The molecule has 0 fully saturated rings. The van der Waals surface area contributed by atoms with E-state index >= 15 is 0 Å². The third-order valence-electron chi connectivity index (χ3n) is 14.5. The first kappa shape index (κ1) is 34.8. The van der Waals surface area contributed by atoms with Gasteiger partial charge in [-0.3, -0.25) is 0 Å². The number of benzene rings is 9. The molecule has 12 rings (SSSR count). The molecule has 0 heterocycles. The molecular formula is C59H48. The highest BCUT2D eigenvalue weighted by atomic mass is 14.5. The average Bonchev–Trinajstić information content (AvgIpc) is 3.56. The minimum atomic E-state index is -0.00852. The Morgan fingerprint density at radius 3 is 1.81 bits per heavy atom. The van der Waals surface area contributed by atoms with Gasteiger partial charge in [-0.1, -0.05) is 185 Å². The fourth-order valence-electron chi connectivity index (χ4n) is 11.6. The summed E-state index contributed by atoms with van der Waals surface area (Å²) in [6.45, 7) is 4.71. The van der Waals surface area contributed by atoms with Crippen LogP contribution in [0.5, 0.6) is 0 Å². The second-order valence-electron chi connectivity index (χ2n) is 17.6. The zero-order valence-corrected chi connectivity index (χ0v) is 34.2. The minimum absolute atomic E-state index is 0.00852. The highest BCUT2D eigenvalue weighted by Gasteiger charge is 2.42. The number of unbranched alkanes of at least 4 members (excludes halogenated alkanes) is 2. The lowest BCUT2D eigenvalue weighted by Crippen LogP contribution is -2.25. The van der Waals surface area contributed by atoms with Gasteiger partial charge in [-0.2, -0.15) is 0 Å². The molecule has 0 spiro atoms. The maximum atomic E-state index is 2.61. The fraction of sp³-hybridized carbons (Fsp3) is 0.186. The Bertz CT molecular complexity index is 3200. The Labute approximate surface area is 347 Å². The average molecular weight is 757 g/mol. The molecule has 0 amide bonds. The fourth-order valence-corrected chi connectivity index (χ4v) is 11.6. The van der Waals surface area contributed by atoms with Crippen LogP contribution < -0.4 is 0 Å². The first-order chi connectivity index (χ1) is 29.1. The maximum absolute atomic E-state index is 2.61. The van der Waals surface area contributed by atoms with Crippen LogP contribution in [0.2, 0.25) is 0 Å². The van der Waals surface area contributed by atoms with E-state index in [1.165, 1.54) is 154 Å².